The van der Waals surface area contributed by atoms with E-state index in [0.717, 1.165) is 38.8 Å². The molecule has 86 valence electrons. The van der Waals surface area contributed by atoms with E-state index in [2.05, 4.69) is 11.9 Å². The van der Waals surface area contributed by atoms with Crippen LogP contribution >= 0.6 is 0 Å². The zero-order valence-electron chi connectivity index (χ0n) is 9.32. The molecular weight excluding hydrogens is 192 g/mol. The summed E-state index contributed by atoms with van der Waals surface area (Å²) in [4.78, 5) is 13.9. The van der Waals surface area contributed by atoms with Gasteiger partial charge < -0.3 is 15.4 Å². The Kier molecular flexibility index (Phi) is 3.26. The molecule has 0 radical (unpaired) electrons. The molecule has 1 atom stereocenters. The van der Waals surface area contributed by atoms with Crippen molar-refractivity contribution in [1.29, 1.82) is 0 Å². The van der Waals surface area contributed by atoms with Gasteiger partial charge in [-0.1, -0.05) is 0 Å². The minimum Gasteiger partial charge on any atom is -0.461 e. The lowest BCUT2D eigenvalue weighted by Gasteiger charge is -2.29. The highest BCUT2D eigenvalue weighted by Crippen LogP contribution is 2.32. The summed E-state index contributed by atoms with van der Waals surface area (Å²) in [7, 11) is 2.09. The SMILES string of the molecule is CN1CCC(OC(=O)C(N)C2CC2)CC1. The maximum atomic E-state index is 11.6. The van der Waals surface area contributed by atoms with Crippen molar-refractivity contribution in [2.75, 3.05) is 20.1 Å². The van der Waals surface area contributed by atoms with Gasteiger partial charge in [0, 0.05) is 13.1 Å². The standard InChI is InChI=1S/C11H20N2O2/c1-13-6-4-9(5-7-13)15-11(14)10(12)8-2-3-8/h8-10H,2-7,12H2,1H3. The number of esters is 1. The Bertz CT molecular complexity index is 233. The Balaban J connectivity index is 1.73. The molecule has 1 saturated carbocycles. The van der Waals surface area contributed by atoms with E-state index in [0.29, 0.717) is 5.92 Å². The predicted molar refractivity (Wildman–Crippen MR) is 57.3 cm³/mol. The fourth-order valence-electron chi connectivity index (χ4n) is 1.99. The number of carbonyl (C=O) groups is 1. The van der Waals surface area contributed by atoms with Crippen molar-refractivity contribution < 1.29 is 9.53 Å². The van der Waals surface area contributed by atoms with Crippen LogP contribution in [0.2, 0.25) is 0 Å². The highest BCUT2D eigenvalue weighted by Gasteiger charge is 2.35. The van der Waals surface area contributed by atoms with E-state index in [1.54, 1.807) is 0 Å². The summed E-state index contributed by atoms with van der Waals surface area (Å²) in [6.45, 7) is 2.02. The number of hydrogen-bond acceptors (Lipinski definition) is 4. The molecule has 1 saturated heterocycles. The van der Waals surface area contributed by atoms with Crippen LogP contribution in [0.3, 0.4) is 0 Å². The lowest BCUT2D eigenvalue weighted by Crippen LogP contribution is -2.40. The first-order chi connectivity index (χ1) is 7.16. The molecule has 1 heterocycles. The van der Waals surface area contributed by atoms with Gasteiger partial charge >= 0.3 is 5.97 Å². The monoisotopic (exact) mass is 212 g/mol. The van der Waals surface area contributed by atoms with Crippen LogP contribution in [0.1, 0.15) is 25.7 Å². The molecule has 0 aromatic rings. The van der Waals surface area contributed by atoms with Crippen molar-refractivity contribution >= 4 is 5.97 Å². The minimum atomic E-state index is -0.371. The molecule has 0 aromatic carbocycles. The molecule has 0 bridgehead atoms. The zero-order valence-corrected chi connectivity index (χ0v) is 9.32. The first-order valence-electron chi connectivity index (χ1n) is 5.81. The Morgan fingerprint density at radius 3 is 2.47 bits per heavy atom. The van der Waals surface area contributed by atoms with Crippen molar-refractivity contribution in [1.82, 2.24) is 4.90 Å². The number of ether oxygens (including phenoxy) is 1. The second-order valence-corrected chi connectivity index (χ2v) is 4.80. The molecule has 2 aliphatic rings. The van der Waals surface area contributed by atoms with Crippen LogP contribution in [0.25, 0.3) is 0 Å². The van der Waals surface area contributed by atoms with Crippen LogP contribution in [-0.4, -0.2) is 43.2 Å². The molecule has 0 amide bonds. The first-order valence-corrected chi connectivity index (χ1v) is 5.81. The van der Waals surface area contributed by atoms with E-state index in [4.69, 9.17) is 10.5 Å². The van der Waals surface area contributed by atoms with E-state index in [9.17, 15) is 4.79 Å². The highest BCUT2D eigenvalue weighted by atomic mass is 16.5. The maximum Gasteiger partial charge on any atom is 0.323 e. The van der Waals surface area contributed by atoms with Gasteiger partial charge in [-0.3, -0.25) is 4.79 Å². The van der Waals surface area contributed by atoms with E-state index in [1.165, 1.54) is 0 Å². The Labute approximate surface area is 90.8 Å². The fourth-order valence-corrected chi connectivity index (χ4v) is 1.99. The normalized spacial score (nSPS) is 26.3. The molecule has 2 rings (SSSR count). The quantitative estimate of drug-likeness (QED) is 0.686. The van der Waals surface area contributed by atoms with Gasteiger partial charge in [-0.05, 0) is 38.6 Å². The van der Waals surface area contributed by atoms with Crippen LogP contribution in [0, 0.1) is 5.92 Å². The van der Waals surface area contributed by atoms with Crippen LogP contribution in [0.5, 0.6) is 0 Å². The highest BCUT2D eigenvalue weighted by molar-refractivity contribution is 5.76. The Hall–Kier alpha value is -0.610. The first kappa shape index (κ1) is 10.9. The summed E-state index contributed by atoms with van der Waals surface area (Å²) < 4.78 is 5.41. The molecule has 4 heteroatoms. The zero-order chi connectivity index (χ0) is 10.8. The molecule has 1 unspecified atom stereocenters. The molecule has 0 aromatic heterocycles. The van der Waals surface area contributed by atoms with Gasteiger partial charge in [0.25, 0.3) is 0 Å². The van der Waals surface area contributed by atoms with Gasteiger partial charge in [0.1, 0.15) is 12.1 Å². The summed E-state index contributed by atoms with van der Waals surface area (Å²) in [5.74, 6) is 0.204. The smallest absolute Gasteiger partial charge is 0.323 e. The molecule has 2 N–H and O–H groups in total. The molecule has 1 aliphatic heterocycles. The van der Waals surface area contributed by atoms with Crippen molar-refractivity contribution in [3.05, 3.63) is 0 Å². The van der Waals surface area contributed by atoms with E-state index in [-0.39, 0.29) is 18.1 Å². The third-order valence-corrected chi connectivity index (χ3v) is 3.35. The molecule has 0 spiro atoms. The lowest BCUT2D eigenvalue weighted by atomic mass is 10.1. The summed E-state index contributed by atoms with van der Waals surface area (Å²) >= 11 is 0. The van der Waals surface area contributed by atoms with Gasteiger partial charge in [0.2, 0.25) is 0 Å². The second-order valence-electron chi connectivity index (χ2n) is 4.80. The van der Waals surface area contributed by atoms with Gasteiger partial charge in [0.15, 0.2) is 0 Å². The number of hydrogen-bond donors (Lipinski definition) is 1. The fraction of sp³-hybridized carbons (Fsp3) is 0.909. The summed E-state index contributed by atoms with van der Waals surface area (Å²) in [5, 5.41) is 0. The van der Waals surface area contributed by atoms with E-state index >= 15 is 0 Å². The molecular formula is C11H20N2O2. The summed E-state index contributed by atoms with van der Waals surface area (Å²) in [6, 6.07) is -0.371. The predicted octanol–water partition coefficient (Wildman–Crippen LogP) is 0.361. The average molecular weight is 212 g/mol. The topological polar surface area (TPSA) is 55.6 Å². The van der Waals surface area contributed by atoms with Crippen LogP contribution in [0.4, 0.5) is 0 Å². The van der Waals surface area contributed by atoms with Gasteiger partial charge in [0.05, 0.1) is 0 Å². The summed E-state index contributed by atoms with van der Waals surface area (Å²) in [5.41, 5.74) is 5.78. The molecule has 2 fully saturated rings. The largest absolute Gasteiger partial charge is 0.461 e. The van der Waals surface area contributed by atoms with Gasteiger partial charge in [-0.25, -0.2) is 0 Å². The minimum absolute atomic E-state index is 0.0958. The van der Waals surface area contributed by atoms with E-state index in [1.807, 2.05) is 0 Å². The molecule has 15 heavy (non-hydrogen) atoms. The van der Waals surface area contributed by atoms with E-state index < -0.39 is 0 Å². The summed E-state index contributed by atoms with van der Waals surface area (Å²) in [6.07, 6.45) is 4.16. The van der Waals surface area contributed by atoms with Crippen LogP contribution in [0.15, 0.2) is 0 Å². The van der Waals surface area contributed by atoms with Crippen molar-refractivity contribution in [3.8, 4) is 0 Å². The number of carbonyl (C=O) groups excluding carboxylic acids is 1. The number of piperidine rings is 1. The number of rotatable bonds is 3. The average Bonchev–Trinajstić information content (AvgIpc) is 3.04. The Morgan fingerprint density at radius 1 is 1.33 bits per heavy atom. The van der Waals surface area contributed by atoms with Gasteiger partial charge in [-0.2, -0.15) is 0 Å². The number of nitrogens with zero attached hydrogens (tertiary/aromatic N) is 1. The van der Waals surface area contributed by atoms with Crippen molar-refractivity contribution in [2.45, 2.75) is 37.8 Å². The third-order valence-electron chi connectivity index (χ3n) is 3.35. The van der Waals surface area contributed by atoms with Crippen LogP contribution in [-0.2, 0) is 9.53 Å². The second kappa shape index (κ2) is 4.49. The lowest BCUT2D eigenvalue weighted by molar-refractivity contribution is -0.153. The van der Waals surface area contributed by atoms with Crippen LogP contribution < -0.4 is 5.73 Å². The van der Waals surface area contributed by atoms with Crippen molar-refractivity contribution in [3.63, 3.8) is 0 Å². The molecule has 1 aliphatic carbocycles. The van der Waals surface area contributed by atoms with Crippen molar-refractivity contribution in [2.24, 2.45) is 11.7 Å². The Morgan fingerprint density at radius 2 is 1.93 bits per heavy atom. The van der Waals surface area contributed by atoms with Gasteiger partial charge in [-0.15, -0.1) is 0 Å². The third kappa shape index (κ3) is 2.92. The maximum absolute atomic E-state index is 11.6. The number of nitrogens with two attached hydrogens (primary N) is 1. The number of likely N-dealkylation sites (tertiary alicyclic amines) is 1. The molecule has 4 nitrogen and oxygen atoms in total.